The zero-order chi connectivity index (χ0) is 20.3. The van der Waals surface area contributed by atoms with Crippen molar-refractivity contribution < 1.29 is 18.9 Å². The Kier molecular flexibility index (Phi) is 3.88. The van der Waals surface area contributed by atoms with Gasteiger partial charge in [-0.05, 0) is 31.5 Å². The lowest BCUT2D eigenvalue weighted by molar-refractivity contribution is 0.170. The fraction of sp³-hybridized carbons (Fsp3) is 0.250. The van der Waals surface area contributed by atoms with Crippen LogP contribution in [-0.2, 0) is 0 Å². The molecule has 0 bridgehead atoms. The van der Waals surface area contributed by atoms with Crippen LogP contribution in [0.15, 0.2) is 16.9 Å². The van der Waals surface area contributed by atoms with E-state index in [2.05, 4.69) is 9.97 Å². The summed E-state index contributed by atoms with van der Waals surface area (Å²) in [6.45, 7) is 4.01. The lowest BCUT2D eigenvalue weighted by Gasteiger charge is -2.14. The Morgan fingerprint density at radius 2 is 1.90 bits per heavy atom. The van der Waals surface area contributed by atoms with E-state index in [1.54, 1.807) is 6.07 Å². The molecule has 0 unspecified atom stereocenters. The minimum atomic E-state index is -0.233. The van der Waals surface area contributed by atoms with Gasteiger partial charge < -0.3 is 23.9 Å². The number of nitrogens with one attached hydrogen (secondary N) is 1. The number of aryl methyl sites for hydroxylation is 2. The number of H-pyrrole nitrogens is 1. The molecular weight excluding hydrogens is 394 g/mol. The first-order chi connectivity index (χ1) is 14.0. The van der Waals surface area contributed by atoms with E-state index in [1.807, 2.05) is 19.9 Å². The molecule has 0 fully saturated rings. The van der Waals surface area contributed by atoms with Crippen LogP contribution in [-0.4, -0.2) is 36.0 Å². The van der Waals surface area contributed by atoms with E-state index < -0.39 is 0 Å². The number of hydrogen-bond donors (Lipinski definition) is 1. The van der Waals surface area contributed by atoms with E-state index in [0.717, 1.165) is 21.5 Å². The Morgan fingerprint density at radius 1 is 1.10 bits per heavy atom. The molecule has 5 rings (SSSR count). The second kappa shape index (κ2) is 6.35. The Morgan fingerprint density at radius 3 is 2.66 bits per heavy atom. The topological polar surface area (TPSA) is 95.6 Å². The minimum Gasteiger partial charge on any atom is -0.492 e. The number of ether oxygens (including phenoxy) is 4. The van der Waals surface area contributed by atoms with Gasteiger partial charge in [0.25, 0.3) is 5.56 Å². The van der Waals surface area contributed by atoms with Crippen LogP contribution in [0.2, 0.25) is 0 Å². The summed E-state index contributed by atoms with van der Waals surface area (Å²) in [5.41, 5.74) is 2.86. The molecule has 0 aliphatic carbocycles. The van der Waals surface area contributed by atoms with Crippen LogP contribution in [0.25, 0.3) is 31.8 Å². The third-order valence-electron chi connectivity index (χ3n) is 4.86. The highest BCUT2D eigenvalue weighted by molar-refractivity contribution is 7.25. The molecule has 0 atom stereocenters. The number of methoxy groups -OCH3 is 2. The number of pyridine rings is 1. The zero-order valence-electron chi connectivity index (χ0n) is 16.2. The van der Waals surface area contributed by atoms with Crippen molar-refractivity contribution in [2.24, 2.45) is 0 Å². The summed E-state index contributed by atoms with van der Waals surface area (Å²) in [5, 5.41) is 0.884. The van der Waals surface area contributed by atoms with Crippen LogP contribution in [0.4, 0.5) is 0 Å². The van der Waals surface area contributed by atoms with Gasteiger partial charge in [0.1, 0.15) is 15.4 Å². The maximum atomic E-state index is 12.9. The largest absolute Gasteiger partial charge is 0.492 e. The second-order valence-electron chi connectivity index (χ2n) is 6.68. The van der Waals surface area contributed by atoms with Gasteiger partial charge in [-0.3, -0.25) is 4.79 Å². The van der Waals surface area contributed by atoms with Crippen molar-refractivity contribution >= 4 is 31.8 Å². The third kappa shape index (κ3) is 2.54. The number of thiophene rings is 1. The first-order valence-corrected chi connectivity index (χ1v) is 9.69. The monoisotopic (exact) mass is 411 g/mol. The zero-order valence-corrected chi connectivity index (χ0v) is 17.0. The number of aromatic amines is 1. The molecule has 3 aromatic heterocycles. The van der Waals surface area contributed by atoms with Crippen LogP contribution in [0.5, 0.6) is 23.0 Å². The fourth-order valence-corrected chi connectivity index (χ4v) is 4.81. The van der Waals surface area contributed by atoms with Crippen molar-refractivity contribution in [3.05, 3.63) is 33.7 Å². The SMILES string of the molecule is COc1c(-c2nc3c(sc4nc(C)cc(C)c43)c(=O)[nH]2)cc2c(c1OC)OCO2. The molecule has 1 aromatic carbocycles. The predicted molar refractivity (Wildman–Crippen MR) is 110 cm³/mol. The van der Waals surface area contributed by atoms with E-state index in [4.69, 9.17) is 23.9 Å². The molecule has 1 aliphatic rings. The van der Waals surface area contributed by atoms with Crippen molar-refractivity contribution in [2.45, 2.75) is 13.8 Å². The van der Waals surface area contributed by atoms with Crippen molar-refractivity contribution in [2.75, 3.05) is 21.0 Å². The number of hydrogen-bond acceptors (Lipinski definition) is 8. The highest BCUT2D eigenvalue weighted by Crippen LogP contribution is 2.51. The Bertz CT molecular complexity index is 1360. The summed E-state index contributed by atoms with van der Waals surface area (Å²) >= 11 is 1.34. The molecule has 9 heteroatoms. The van der Waals surface area contributed by atoms with Crippen LogP contribution >= 0.6 is 11.3 Å². The second-order valence-corrected chi connectivity index (χ2v) is 7.68. The van der Waals surface area contributed by atoms with Gasteiger partial charge in [0.05, 0.1) is 25.3 Å². The fourth-order valence-electron chi connectivity index (χ4n) is 3.67. The van der Waals surface area contributed by atoms with Crippen LogP contribution in [0.3, 0.4) is 0 Å². The lowest BCUT2D eigenvalue weighted by Crippen LogP contribution is -2.08. The van der Waals surface area contributed by atoms with E-state index in [0.29, 0.717) is 44.6 Å². The average molecular weight is 411 g/mol. The molecule has 0 spiro atoms. The van der Waals surface area contributed by atoms with Gasteiger partial charge in [-0.2, -0.15) is 0 Å². The summed E-state index contributed by atoms with van der Waals surface area (Å²) < 4.78 is 22.6. The normalized spacial score (nSPS) is 12.7. The molecule has 0 amide bonds. The van der Waals surface area contributed by atoms with E-state index >= 15 is 0 Å². The van der Waals surface area contributed by atoms with Gasteiger partial charge in [0.2, 0.25) is 18.3 Å². The van der Waals surface area contributed by atoms with E-state index in [-0.39, 0.29) is 12.4 Å². The van der Waals surface area contributed by atoms with Gasteiger partial charge in [-0.25, -0.2) is 9.97 Å². The van der Waals surface area contributed by atoms with Crippen molar-refractivity contribution in [3.8, 4) is 34.4 Å². The highest BCUT2D eigenvalue weighted by Gasteiger charge is 2.28. The third-order valence-corrected chi connectivity index (χ3v) is 5.93. The van der Waals surface area contributed by atoms with Gasteiger partial charge in [-0.15, -0.1) is 11.3 Å². The first-order valence-electron chi connectivity index (χ1n) is 8.87. The molecule has 0 saturated heterocycles. The number of fused-ring (bicyclic) bond motifs is 4. The molecule has 148 valence electrons. The summed E-state index contributed by atoms with van der Waals surface area (Å²) in [6, 6.07) is 3.72. The quantitative estimate of drug-likeness (QED) is 0.551. The van der Waals surface area contributed by atoms with Crippen LogP contribution in [0.1, 0.15) is 11.3 Å². The Balaban J connectivity index is 1.85. The van der Waals surface area contributed by atoms with Crippen molar-refractivity contribution in [1.29, 1.82) is 0 Å². The van der Waals surface area contributed by atoms with Crippen molar-refractivity contribution in [1.82, 2.24) is 15.0 Å². The molecule has 1 N–H and O–H groups in total. The van der Waals surface area contributed by atoms with Gasteiger partial charge in [0, 0.05) is 11.1 Å². The number of benzene rings is 1. The summed E-state index contributed by atoms with van der Waals surface area (Å²) in [4.78, 5) is 25.9. The average Bonchev–Trinajstić information content (AvgIpc) is 3.30. The van der Waals surface area contributed by atoms with Gasteiger partial charge in [-0.1, -0.05) is 0 Å². The summed E-state index contributed by atoms with van der Waals surface area (Å²) in [7, 11) is 3.05. The molecule has 4 aromatic rings. The minimum absolute atomic E-state index is 0.0840. The van der Waals surface area contributed by atoms with Crippen LogP contribution in [0, 0.1) is 13.8 Å². The maximum Gasteiger partial charge on any atom is 0.269 e. The molecule has 4 heterocycles. The highest BCUT2D eigenvalue weighted by atomic mass is 32.1. The Labute approximate surface area is 169 Å². The van der Waals surface area contributed by atoms with Gasteiger partial charge >= 0.3 is 0 Å². The molecule has 0 saturated carbocycles. The van der Waals surface area contributed by atoms with E-state index in [9.17, 15) is 4.79 Å². The molecule has 29 heavy (non-hydrogen) atoms. The molecule has 0 radical (unpaired) electrons. The predicted octanol–water partition coefficient (Wildman–Crippen LogP) is 3.56. The maximum absolute atomic E-state index is 12.9. The number of nitrogens with zero attached hydrogens (tertiary/aromatic N) is 2. The standard InChI is InChI=1S/C20H17N3O5S/c1-8-5-9(2)21-20-12(8)13-17(29-20)19(24)23-18(22-13)10-6-11-15(28-7-27-11)16(26-4)14(10)25-3/h5-6H,7H2,1-4H3,(H,22,23,24). The summed E-state index contributed by atoms with van der Waals surface area (Å²) in [6.07, 6.45) is 0. The number of rotatable bonds is 3. The van der Waals surface area contributed by atoms with Crippen molar-refractivity contribution in [3.63, 3.8) is 0 Å². The molecule has 8 nitrogen and oxygen atoms in total. The van der Waals surface area contributed by atoms with Gasteiger partial charge in [0.15, 0.2) is 11.5 Å². The van der Waals surface area contributed by atoms with Crippen LogP contribution < -0.4 is 24.5 Å². The number of aromatic nitrogens is 3. The Hall–Kier alpha value is -3.33. The molecule has 1 aliphatic heterocycles. The van der Waals surface area contributed by atoms with E-state index in [1.165, 1.54) is 25.6 Å². The lowest BCUT2D eigenvalue weighted by atomic mass is 10.1. The smallest absolute Gasteiger partial charge is 0.269 e. The molecular formula is C20H17N3O5S. The first kappa shape index (κ1) is 17.7. The summed E-state index contributed by atoms with van der Waals surface area (Å²) in [5.74, 6) is 2.13.